The van der Waals surface area contributed by atoms with Crippen LogP contribution in [0.25, 0.3) is 0 Å². The second kappa shape index (κ2) is 10.1. The zero-order chi connectivity index (χ0) is 23.4. The number of ketones is 1. The van der Waals surface area contributed by atoms with Crippen LogP contribution in [0.5, 0.6) is 0 Å². The van der Waals surface area contributed by atoms with Gasteiger partial charge in [0.2, 0.25) is 5.91 Å². The van der Waals surface area contributed by atoms with Gasteiger partial charge in [-0.2, -0.15) is 0 Å². The molecule has 1 fully saturated rings. The first-order valence-electron chi connectivity index (χ1n) is 10.6. The van der Waals surface area contributed by atoms with Crippen molar-refractivity contribution in [2.45, 2.75) is 26.8 Å². The highest BCUT2D eigenvalue weighted by Crippen LogP contribution is 2.23. The van der Waals surface area contributed by atoms with Gasteiger partial charge in [0.25, 0.3) is 5.91 Å². The Kier molecular flexibility index (Phi) is 7.51. The van der Waals surface area contributed by atoms with Gasteiger partial charge < -0.3 is 15.1 Å². The second-order valence-corrected chi connectivity index (χ2v) is 8.67. The Morgan fingerprint density at radius 1 is 0.969 bits per heavy atom. The van der Waals surface area contributed by atoms with E-state index in [4.69, 9.17) is 11.6 Å². The predicted molar refractivity (Wildman–Crippen MR) is 123 cm³/mol. The molecule has 1 atom stereocenters. The molecule has 0 spiro atoms. The minimum atomic E-state index is -0.670. The second-order valence-electron chi connectivity index (χ2n) is 8.24. The summed E-state index contributed by atoms with van der Waals surface area (Å²) in [6.07, 6.45) is 0. The summed E-state index contributed by atoms with van der Waals surface area (Å²) in [6.45, 7) is 6.89. The zero-order valence-corrected chi connectivity index (χ0v) is 19.2. The molecule has 1 N–H and O–H groups in total. The van der Waals surface area contributed by atoms with E-state index in [1.165, 1.54) is 13.0 Å². The van der Waals surface area contributed by atoms with Gasteiger partial charge in [-0.05, 0) is 55.3 Å². The molecule has 170 valence electrons. The third kappa shape index (κ3) is 5.46. The van der Waals surface area contributed by atoms with Crippen molar-refractivity contribution < 1.29 is 18.8 Å². The summed E-state index contributed by atoms with van der Waals surface area (Å²) in [7, 11) is 0. The molecule has 8 heteroatoms. The van der Waals surface area contributed by atoms with Gasteiger partial charge in [0.15, 0.2) is 5.78 Å². The van der Waals surface area contributed by atoms with Gasteiger partial charge >= 0.3 is 0 Å². The lowest BCUT2D eigenvalue weighted by Crippen LogP contribution is -2.56. The molecule has 0 aliphatic carbocycles. The number of amides is 2. The standard InChI is InChI=1S/C24H27ClFN3O3/c1-15(2)22(27-23(31)17-4-7-19(25)8-5-17)24(32)29-12-10-28(11-13-29)21-9-6-18(16(3)30)14-20(21)26/h4-9,14-15,22H,10-13H2,1-3H3,(H,27,31)/t22-/m0/s1. The van der Waals surface area contributed by atoms with Crippen LogP contribution >= 0.6 is 11.6 Å². The van der Waals surface area contributed by atoms with E-state index in [1.54, 1.807) is 41.3 Å². The summed E-state index contributed by atoms with van der Waals surface area (Å²) in [6, 6.07) is 10.3. The number of halogens is 2. The fraction of sp³-hybridized carbons (Fsp3) is 0.375. The molecule has 0 saturated carbocycles. The van der Waals surface area contributed by atoms with Crippen molar-refractivity contribution >= 4 is 34.9 Å². The highest BCUT2D eigenvalue weighted by Gasteiger charge is 2.31. The molecule has 2 aromatic rings. The van der Waals surface area contributed by atoms with Crippen LogP contribution in [-0.4, -0.2) is 54.7 Å². The van der Waals surface area contributed by atoms with Crippen LogP contribution in [0, 0.1) is 11.7 Å². The molecule has 0 aromatic heterocycles. The number of Topliss-reactive ketones (excluding diaryl/α,β-unsaturated/α-hetero) is 1. The van der Waals surface area contributed by atoms with Gasteiger partial charge in [-0.3, -0.25) is 14.4 Å². The number of nitrogens with zero attached hydrogens (tertiary/aromatic N) is 2. The normalized spacial score (nSPS) is 14.9. The number of hydrogen-bond acceptors (Lipinski definition) is 4. The van der Waals surface area contributed by atoms with Crippen molar-refractivity contribution in [1.82, 2.24) is 10.2 Å². The first-order valence-corrected chi connectivity index (χ1v) is 11.0. The van der Waals surface area contributed by atoms with E-state index >= 15 is 0 Å². The van der Waals surface area contributed by atoms with Crippen LogP contribution in [0.3, 0.4) is 0 Å². The predicted octanol–water partition coefficient (Wildman–Crippen LogP) is 3.78. The number of benzene rings is 2. The summed E-state index contributed by atoms with van der Waals surface area (Å²) in [5.74, 6) is -1.23. The molecule has 0 radical (unpaired) electrons. The van der Waals surface area contributed by atoms with Crippen LogP contribution in [0.15, 0.2) is 42.5 Å². The molecule has 0 unspecified atom stereocenters. The number of carbonyl (C=O) groups is 3. The monoisotopic (exact) mass is 459 g/mol. The largest absolute Gasteiger partial charge is 0.366 e. The maximum Gasteiger partial charge on any atom is 0.251 e. The molecule has 2 amide bonds. The number of nitrogens with one attached hydrogen (secondary N) is 1. The summed E-state index contributed by atoms with van der Waals surface area (Å²) in [4.78, 5) is 40.8. The van der Waals surface area contributed by atoms with Crippen molar-refractivity contribution in [3.63, 3.8) is 0 Å². The van der Waals surface area contributed by atoms with Crippen LogP contribution in [0.2, 0.25) is 5.02 Å². The molecule has 3 rings (SSSR count). The molecule has 2 aromatic carbocycles. The molecule has 0 bridgehead atoms. The molecule has 1 aliphatic heterocycles. The molecule has 1 aliphatic rings. The Bertz CT molecular complexity index is 1000. The van der Waals surface area contributed by atoms with E-state index in [1.807, 2.05) is 18.7 Å². The lowest BCUT2D eigenvalue weighted by atomic mass is 10.0. The highest BCUT2D eigenvalue weighted by molar-refractivity contribution is 6.30. The molecule has 32 heavy (non-hydrogen) atoms. The number of piperazine rings is 1. The molecular weight excluding hydrogens is 433 g/mol. The average Bonchev–Trinajstić information content (AvgIpc) is 2.77. The van der Waals surface area contributed by atoms with Crippen LogP contribution < -0.4 is 10.2 Å². The van der Waals surface area contributed by atoms with Crippen LogP contribution in [-0.2, 0) is 4.79 Å². The minimum Gasteiger partial charge on any atom is -0.366 e. The quantitative estimate of drug-likeness (QED) is 0.667. The molecule has 6 nitrogen and oxygen atoms in total. The summed E-state index contributed by atoms with van der Waals surface area (Å²) >= 11 is 5.88. The molecule has 1 saturated heterocycles. The number of carbonyl (C=O) groups excluding carboxylic acids is 3. The number of rotatable bonds is 6. The number of anilines is 1. The SMILES string of the molecule is CC(=O)c1ccc(N2CCN(C(=O)[C@@H](NC(=O)c3ccc(Cl)cc3)C(C)C)CC2)c(F)c1. The first kappa shape index (κ1) is 23.7. The van der Waals surface area contributed by atoms with Crippen molar-refractivity contribution in [3.8, 4) is 0 Å². The van der Waals surface area contributed by atoms with Gasteiger partial charge in [-0.25, -0.2) is 4.39 Å². The fourth-order valence-electron chi connectivity index (χ4n) is 3.69. The van der Waals surface area contributed by atoms with E-state index in [0.717, 1.165) is 0 Å². The molecule has 1 heterocycles. The maximum atomic E-state index is 14.5. The van der Waals surface area contributed by atoms with Gasteiger partial charge in [-0.1, -0.05) is 25.4 Å². The van der Waals surface area contributed by atoms with E-state index in [-0.39, 0.29) is 23.5 Å². The summed E-state index contributed by atoms with van der Waals surface area (Å²) < 4.78 is 14.5. The van der Waals surface area contributed by atoms with E-state index in [9.17, 15) is 18.8 Å². The van der Waals surface area contributed by atoms with Crippen LogP contribution in [0.4, 0.5) is 10.1 Å². The Labute approximate surface area is 192 Å². The van der Waals surface area contributed by atoms with E-state index < -0.39 is 11.9 Å². The topological polar surface area (TPSA) is 69.7 Å². The Hall–Kier alpha value is -2.93. The van der Waals surface area contributed by atoms with Crippen molar-refractivity contribution in [2.75, 3.05) is 31.1 Å². The smallest absolute Gasteiger partial charge is 0.251 e. The third-order valence-corrected chi connectivity index (χ3v) is 5.86. The van der Waals surface area contributed by atoms with Gasteiger partial charge in [-0.15, -0.1) is 0 Å². The van der Waals surface area contributed by atoms with Crippen molar-refractivity contribution in [3.05, 3.63) is 64.4 Å². The van der Waals surface area contributed by atoms with E-state index in [2.05, 4.69) is 5.32 Å². The molecular formula is C24H27ClFN3O3. The highest BCUT2D eigenvalue weighted by atomic mass is 35.5. The zero-order valence-electron chi connectivity index (χ0n) is 18.4. The van der Waals surface area contributed by atoms with Gasteiger partial charge in [0.1, 0.15) is 11.9 Å². The summed E-state index contributed by atoms with van der Waals surface area (Å²) in [5, 5.41) is 3.37. The lowest BCUT2D eigenvalue weighted by molar-refractivity contribution is -0.134. The van der Waals surface area contributed by atoms with Crippen molar-refractivity contribution in [2.24, 2.45) is 5.92 Å². The maximum absolute atomic E-state index is 14.5. The van der Waals surface area contributed by atoms with Gasteiger partial charge in [0, 0.05) is 42.3 Å². The average molecular weight is 460 g/mol. The van der Waals surface area contributed by atoms with Gasteiger partial charge in [0.05, 0.1) is 5.69 Å². The Morgan fingerprint density at radius 2 is 1.56 bits per heavy atom. The van der Waals surface area contributed by atoms with E-state index in [0.29, 0.717) is 48.0 Å². The third-order valence-electron chi connectivity index (χ3n) is 5.61. The van der Waals surface area contributed by atoms with Crippen molar-refractivity contribution in [1.29, 1.82) is 0 Å². The van der Waals surface area contributed by atoms with Crippen LogP contribution in [0.1, 0.15) is 41.5 Å². The fourth-order valence-corrected chi connectivity index (χ4v) is 3.81. The summed E-state index contributed by atoms with van der Waals surface area (Å²) in [5.41, 5.74) is 1.18. The Morgan fingerprint density at radius 3 is 2.09 bits per heavy atom. The lowest BCUT2D eigenvalue weighted by Gasteiger charge is -2.38. The number of hydrogen-bond donors (Lipinski definition) is 1. The Balaban J connectivity index is 1.64. The first-order chi connectivity index (χ1) is 15.2. The minimum absolute atomic E-state index is 0.103.